The number of benzene rings is 2. The molecule has 3 rings (SSSR count). The summed E-state index contributed by atoms with van der Waals surface area (Å²) in [4.78, 5) is 26.3. The van der Waals surface area contributed by atoms with E-state index >= 15 is 0 Å². The zero-order valence-electron chi connectivity index (χ0n) is 18.4. The van der Waals surface area contributed by atoms with Gasteiger partial charge in [0.2, 0.25) is 5.91 Å². The third-order valence-corrected chi connectivity index (χ3v) is 5.79. The molecule has 6 heteroatoms. The maximum absolute atomic E-state index is 12.9. The predicted molar refractivity (Wildman–Crippen MR) is 122 cm³/mol. The normalized spacial score (nSPS) is 14.7. The number of aromatic carboxylic acids is 1. The summed E-state index contributed by atoms with van der Waals surface area (Å²) in [6.45, 7) is 4.18. The van der Waals surface area contributed by atoms with Crippen molar-refractivity contribution in [2.24, 2.45) is 0 Å². The Morgan fingerprint density at radius 1 is 1.10 bits per heavy atom. The SMILES string of the molecule is CCCC(NC(=O)Cc1ccc(C(=O)O)cc1)c1cc(OC)ccc1N1CCCCC1. The van der Waals surface area contributed by atoms with E-state index in [2.05, 4.69) is 23.2 Å². The van der Waals surface area contributed by atoms with Gasteiger partial charge in [-0.1, -0.05) is 25.5 Å². The van der Waals surface area contributed by atoms with E-state index in [1.165, 1.54) is 37.1 Å². The Labute approximate surface area is 184 Å². The minimum absolute atomic E-state index is 0.0751. The predicted octanol–water partition coefficient (Wildman–Crippen LogP) is 4.58. The van der Waals surface area contributed by atoms with E-state index in [1.807, 2.05) is 12.1 Å². The average molecular weight is 425 g/mol. The van der Waals surface area contributed by atoms with Crippen LogP contribution >= 0.6 is 0 Å². The number of methoxy groups -OCH3 is 1. The zero-order chi connectivity index (χ0) is 22.2. The van der Waals surface area contributed by atoms with Crippen LogP contribution in [0.15, 0.2) is 42.5 Å². The van der Waals surface area contributed by atoms with Crippen molar-refractivity contribution in [2.75, 3.05) is 25.1 Å². The summed E-state index contributed by atoms with van der Waals surface area (Å²) in [6, 6.07) is 12.5. The number of hydrogen-bond acceptors (Lipinski definition) is 4. The van der Waals surface area contributed by atoms with E-state index in [1.54, 1.807) is 19.2 Å². The largest absolute Gasteiger partial charge is 0.497 e. The number of anilines is 1. The number of hydrogen-bond donors (Lipinski definition) is 2. The monoisotopic (exact) mass is 424 g/mol. The highest BCUT2D eigenvalue weighted by atomic mass is 16.5. The average Bonchev–Trinajstić information content (AvgIpc) is 2.79. The third kappa shape index (κ3) is 6.00. The number of carboxylic acids is 1. The summed E-state index contributed by atoms with van der Waals surface area (Å²) in [6.07, 6.45) is 5.61. The van der Waals surface area contributed by atoms with Crippen LogP contribution in [0, 0.1) is 0 Å². The Bertz CT molecular complexity index is 889. The second-order valence-corrected chi connectivity index (χ2v) is 8.06. The van der Waals surface area contributed by atoms with Gasteiger partial charge in [0.25, 0.3) is 0 Å². The first-order chi connectivity index (χ1) is 15.0. The Balaban J connectivity index is 1.80. The molecule has 1 atom stereocenters. The van der Waals surface area contributed by atoms with Crippen molar-refractivity contribution in [3.05, 3.63) is 59.2 Å². The van der Waals surface area contributed by atoms with Crippen LogP contribution in [-0.4, -0.2) is 37.2 Å². The molecule has 2 N–H and O–H groups in total. The standard InChI is InChI=1S/C25H32N2O4/c1-3-7-22(26-24(28)16-18-8-10-19(11-9-18)25(29)30)21-17-20(31-2)12-13-23(21)27-14-5-4-6-15-27/h8-13,17,22H,3-7,14-16H2,1-2H3,(H,26,28)(H,29,30). The van der Waals surface area contributed by atoms with Crippen molar-refractivity contribution in [3.63, 3.8) is 0 Å². The molecule has 0 aliphatic carbocycles. The van der Waals surface area contributed by atoms with Gasteiger partial charge in [0, 0.05) is 24.3 Å². The first-order valence-corrected chi connectivity index (χ1v) is 11.1. The summed E-state index contributed by atoms with van der Waals surface area (Å²) < 4.78 is 5.48. The summed E-state index contributed by atoms with van der Waals surface area (Å²) in [5.41, 5.74) is 3.28. The minimum atomic E-state index is -0.970. The Morgan fingerprint density at radius 3 is 2.42 bits per heavy atom. The molecule has 1 heterocycles. The lowest BCUT2D eigenvalue weighted by molar-refractivity contribution is -0.121. The van der Waals surface area contributed by atoms with E-state index in [9.17, 15) is 9.59 Å². The van der Waals surface area contributed by atoms with Gasteiger partial charge >= 0.3 is 5.97 Å². The van der Waals surface area contributed by atoms with Gasteiger partial charge in [0.05, 0.1) is 25.1 Å². The molecule has 1 amide bonds. The van der Waals surface area contributed by atoms with Crippen LogP contribution in [0.3, 0.4) is 0 Å². The minimum Gasteiger partial charge on any atom is -0.497 e. The Hall–Kier alpha value is -3.02. The molecule has 0 spiro atoms. The van der Waals surface area contributed by atoms with Crippen LogP contribution in [-0.2, 0) is 11.2 Å². The number of carbonyl (C=O) groups is 2. The second-order valence-electron chi connectivity index (χ2n) is 8.06. The molecular weight excluding hydrogens is 392 g/mol. The molecule has 1 aliphatic rings. The molecule has 1 saturated heterocycles. The van der Waals surface area contributed by atoms with E-state index in [0.717, 1.165) is 42.8 Å². The van der Waals surface area contributed by atoms with Gasteiger partial charge in [-0.15, -0.1) is 0 Å². The molecule has 0 aromatic heterocycles. The summed E-state index contributed by atoms with van der Waals surface area (Å²) in [5, 5.41) is 12.3. The molecule has 1 unspecified atom stereocenters. The van der Waals surface area contributed by atoms with Crippen molar-refractivity contribution >= 4 is 17.6 Å². The van der Waals surface area contributed by atoms with Crippen LogP contribution in [0.5, 0.6) is 5.75 Å². The Morgan fingerprint density at radius 2 is 1.81 bits per heavy atom. The smallest absolute Gasteiger partial charge is 0.335 e. The van der Waals surface area contributed by atoms with Crippen LogP contribution in [0.2, 0.25) is 0 Å². The number of rotatable bonds is 9. The van der Waals surface area contributed by atoms with Crippen LogP contribution < -0.4 is 15.0 Å². The van der Waals surface area contributed by atoms with Crippen LogP contribution in [0.25, 0.3) is 0 Å². The van der Waals surface area contributed by atoms with Gasteiger partial charge in [0.15, 0.2) is 0 Å². The molecule has 31 heavy (non-hydrogen) atoms. The fourth-order valence-corrected chi connectivity index (χ4v) is 4.15. The Kier molecular flexibility index (Phi) is 7.93. The van der Waals surface area contributed by atoms with Crippen molar-refractivity contribution in [1.29, 1.82) is 0 Å². The number of piperidine rings is 1. The van der Waals surface area contributed by atoms with Crippen molar-refractivity contribution in [2.45, 2.75) is 51.5 Å². The second kappa shape index (κ2) is 10.8. The third-order valence-electron chi connectivity index (χ3n) is 5.79. The van der Waals surface area contributed by atoms with Crippen molar-refractivity contribution < 1.29 is 19.4 Å². The van der Waals surface area contributed by atoms with Gasteiger partial charge in [0.1, 0.15) is 5.75 Å². The van der Waals surface area contributed by atoms with Crippen molar-refractivity contribution in [1.82, 2.24) is 5.32 Å². The number of ether oxygens (including phenoxy) is 1. The lowest BCUT2D eigenvalue weighted by Crippen LogP contribution is -2.34. The highest BCUT2D eigenvalue weighted by molar-refractivity contribution is 5.87. The number of carboxylic acid groups (broad SMARTS) is 1. The van der Waals surface area contributed by atoms with E-state index in [4.69, 9.17) is 9.84 Å². The molecule has 2 aromatic carbocycles. The van der Waals surface area contributed by atoms with Crippen LogP contribution in [0.4, 0.5) is 5.69 Å². The number of amides is 1. The zero-order valence-corrected chi connectivity index (χ0v) is 18.4. The van der Waals surface area contributed by atoms with Gasteiger partial charge in [-0.2, -0.15) is 0 Å². The molecular formula is C25H32N2O4. The van der Waals surface area contributed by atoms with E-state index < -0.39 is 5.97 Å². The molecule has 1 aliphatic heterocycles. The lowest BCUT2D eigenvalue weighted by atomic mass is 9.97. The molecule has 166 valence electrons. The molecule has 0 bridgehead atoms. The molecule has 0 saturated carbocycles. The quantitative estimate of drug-likeness (QED) is 0.616. The molecule has 2 aromatic rings. The highest BCUT2D eigenvalue weighted by Crippen LogP contribution is 2.34. The fraction of sp³-hybridized carbons (Fsp3) is 0.440. The number of nitrogens with one attached hydrogen (secondary N) is 1. The van der Waals surface area contributed by atoms with Crippen LogP contribution in [0.1, 0.15) is 66.6 Å². The maximum Gasteiger partial charge on any atom is 0.335 e. The summed E-state index contributed by atoms with van der Waals surface area (Å²) in [7, 11) is 1.66. The van der Waals surface area contributed by atoms with Gasteiger partial charge in [-0.3, -0.25) is 4.79 Å². The lowest BCUT2D eigenvalue weighted by Gasteiger charge is -2.33. The number of carbonyl (C=O) groups excluding carboxylic acids is 1. The first kappa shape index (κ1) is 22.7. The molecule has 1 fully saturated rings. The van der Waals surface area contributed by atoms with Gasteiger partial charge in [-0.25, -0.2) is 4.79 Å². The summed E-state index contributed by atoms with van der Waals surface area (Å²) in [5.74, 6) is -0.258. The summed E-state index contributed by atoms with van der Waals surface area (Å²) >= 11 is 0. The van der Waals surface area contributed by atoms with E-state index in [0.29, 0.717) is 0 Å². The first-order valence-electron chi connectivity index (χ1n) is 11.1. The van der Waals surface area contributed by atoms with E-state index in [-0.39, 0.29) is 23.9 Å². The molecule has 6 nitrogen and oxygen atoms in total. The maximum atomic E-state index is 12.9. The van der Waals surface area contributed by atoms with Gasteiger partial charge in [-0.05, 0) is 61.6 Å². The van der Waals surface area contributed by atoms with Gasteiger partial charge < -0.3 is 20.1 Å². The van der Waals surface area contributed by atoms with Crippen molar-refractivity contribution in [3.8, 4) is 5.75 Å². The topological polar surface area (TPSA) is 78.9 Å². The highest BCUT2D eigenvalue weighted by Gasteiger charge is 2.22. The molecule has 0 radical (unpaired) electrons. The number of nitrogens with zero attached hydrogens (tertiary/aromatic N) is 1. The fourth-order valence-electron chi connectivity index (χ4n) is 4.15.